The van der Waals surface area contributed by atoms with Gasteiger partial charge in [-0.2, -0.15) is 0 Å². The Morgan fingerprint density at radius 1 is 1.58 bits per heavy atom. The van der Waals surface area contributed by atoms with Crippen LogP contribution in [0.5, 0.6) is 0 Å². The number of nitro groups is 1. The van der Waals surface area contributed by atoms with E-state index >= 15 is 0 Å². The molecule has 0 aromatic carbocycles. The molecule has 8 heteroatoms. The van der Waals surface area contributed by atoms with Crippen LogP contribution < -0.4 is 0 Å². The quantitative estimate of drug-likeness (QED) is 0.467. The van der Waals surface area contributed by atoms with Gasteiger partial charge in [-0.25, -0.2) is 8.78 Å². The van der Waals surface area contributed by atoms with Crippen LogP contribution in [0.25, 0.3) is 0 Å². The molecule has 0 radical (unpaired) electrons. The number of hydrogen-bond donors (Lipinski definition) is 0. The normalized spacial score (nSPS) is 10.6. The van der Waals surface area contributed by atoms with Crippen molar-refractivity contribution < 1.29 is 23.2 Å². The van der Waals surface area contributed by atoms with E-state index in [-0.39, 0.29) is 24.2 Å². The Balaban J connectivity index is 3.21. The van der Waals surface area contributed by atoms with Crippen LogP contribution in [0.15, 0.2) is 6.07 Å². The first-order chi connectivity index (χ1) is 8.86. The van der Waals surface area contributed by atoms with Crippen molar-refractivity contribution in [1.82, 2.24) is 4.98 Å². The summed E-state index contributed by atoms with van der Waals surface area (Å²) in [6.45, 7) is 3.09. The number of carbonyl (C=O) groups is 1. The highest BCUT2D eigenvalue weighted by atomic mass is 19.3. The van der Waals surface area contributed by atoms with Gasteiger partial charge in [-0.3, -0.25) is 4.79 Å². The lowest BCUT2D eigenvalue weighted by Gasteiger charge is -2.07. The molecule has 0 saturated heterocycles. The summed E-state index contributed by atoms with van der Waals surface area (Å²) in [5.41, 5.74) is -0.502. The van der Waals surface area contributed by atoms with Crippen LogP contribution in [0.2, 0.25) is 0 Å². The van der Waals surface area contributed by atoms with Gasteiger partial charge in [0, 0.05) is 11.6 Å². The van der Waals surface area contributed by atoms with Crippen molar-refractivity contribution in [3.63, 3.8) is 0 Å². The SMILES string of the molecule is CCOC(=O)Cc1cc([N+](=O)[O-])nc(C(F)F)c1C. The van der Waals surface area contributed by atoms with Crippen LogP contribution in [0.3, 0.4) is 0 Å². The van der Waals surface area contributed by atoms with Crippen LogP contribution in [0, 0.1) is 17.0 Å². The molecule has 0 fully saturated rings. The molecule has 104 valence electrons. The first kappa shape index (κ1) is 14.9. The molecule has 0 saturated carbocycles. The fourth-order valence-electron chi connectivity index (χ4n) is 1.53. The molecule has 1 rings (SSSR count). The summed E-state index contributed by atoms with van der Waals surface area (Å²) in [6, 6.07) is 1.01. The first-order valence-electron chi connectivity index (χ1n) is 5.45. The molecular weight excluding hydrogens is 262 g/mol. The molecule has 0 amide bonds. The molecule has 1 aromatic heterocycles. The van der Waals surface area contributed by atoms with E-state index in [0.29, 0.717) is 0 Å². The molecule has 1 aromatic rings. The number of hydrogen-bond acceptors (Lipinski definition) is 5. The molecule has 0 spiro atoms. The van der Waals surface area contributed by atoms with Crippen LogP contribution in [0.4, 0.5) is 14.6 Å². The van der Waals surface area contributed by atoms with Crippen LogP contribution in [-0.2, 0) is 16.0 Å². The molecule has 6 nitrogen and oxygen atoms in total. The van der Waals surface area contributed by atoms with E-state index in [1.54, 1.807) is 6.92 Å². The van der Waals surface area contributed by atoms with Gasteiger partial charge in [-0.05, 0) is 29.3 Å². The van der Waals surface area contributed by atoms with Gasteiger partial charge in [0.15, 0.2) is 0 Å². The Morgan fingerprint density at radius 2 is 2.21 bits per heavy atom. The summed E-state index contributed by atoms with van der Waals surface area (Å²) in [6.07, 6.45) is -3.25. The smallest absolute Gasteiger partial charge is 0.364 e. The summed E-state index contributed by atoms with van der Waals surface area (Å²) in [7, 11) is 0. The molecule has 19 heavy (non-hydrogen) atoms. The average Bonchev–Trinajstić information content (AvgIpc) is 2.31. The molecule has 0 N–H and O–H groups in total. The fraction of sp³-hybridized carbons (Fsp3) is 0.455. The van der Waals surface area contributed by atoms with E-state index in [1.165, 1.54) is 6.92 Å². The number of ether oxygens (including phenoxy) is 1. The highest BCUT2D eigenvalue weighted by molar-refractivity contribution is 5.73. The van der Waals surface area contributed by atoms with E-state index in [2.05, 4.69) is 9.72 Å². The first-order valence-corrected chi connectivity index (χ1v) is 5.45. The molecular formula is C11H12F2N2O4. The van der Waals surface area contributed by atoms with Crippen molar-refractivity contribution in [3.8, 4) is 0 Å². The molecule has 1 heterocycles. The van der Waals surface area contributed by atoms with Gasteiger partial charge in [-0.1, -0.05) is 0 Å². The van der Waals surface area contributed by atoms with Gasteiger partial charge in [0.05, 0.1) is 13.0 Å². The highest BCUT2D eigenvalue weighted by Gasteiger charge is 2.25. The second-order valence-corrected chi connectivity index (χ2v) is 3.69. The van der Waals surface area contributed by atoms with Crippen LogP contribution in [0.1, 0.15) is 30.2 Å². The molecule has 0 atom stereocenters. The van der Waals surface area contributed by atoms with E-state index < -0.39 is 28.8 Å². The van der Waals surface area contributed by atoms with Crippen molar-refractivity contribution in [2.75, 3.05) is 6.61 Å². The minimum atomic E-state index is -2.94. The molecule has 0 bridgehead atoms. The van der Waals surface area contributed by atoms with E-state index in [9.17, 15) is 23.7 Å². The minimum Gasteiger partial charge on any atom is -0.466 e. The number of carbonyl (C=O) groups excluding carboxylic acids is 1. The third kappa shape index (κ3) is 3.67. The predicted octanol–water partition coefficient (Wildman–Crippen LogP) is 2.34. The molecule has 0 aliphatic carbocycles. The van der Waals surface area contributed by atoms with Gasteiger partial charge in [-0.15, -0.1) is 0 Å². The maximum atomic E-state index is 12.7. The van der Waals surface area contributed by atoms with Crippen molar-refractivity contribution in [2.45, 2.75) is 26.7 Å². The average molecular weight is 274 g/mol. The largest absolute Gasteiger partial charge is 0.466 e. The van der Waals surface area contributed by atoms with E-state index in [4.69, 9.17) is 0 Å². The highest BCUT2D eigenvalue weighted by Crippen LogP contribution is 2.26. The summed E-state index contributed by atoms with van der Waals surface area (Å²) in [5.74, 6) is -1.34. The Morgan fingerprint density at radius 3 is 2.68 bits per heavy atom. The maximum absolute atomic E-state index is 12.7. The number of nitrogens with zero attached hydrogens (tertiary/aromatic N) is 2. The zero-order chi connectivity index (χ0) is 14.6. The fourth-order valence-corrected chi connectivity index (χ4v) is 1.53. The van der Waals surface area contributed by atoms with Crippen LogP contribution >= 0.6 is 0 Å². The minimum absolute atomic E-state index is 0.0636. The van der Waals surface area contributed by atoms with E-state index in [1.807, 2.05) is 0 Å². The predicted molar refractivity (Wildman–Crippen MR) is 60.9 cm³/mol. The van der Waals surface area contributed by atoms with Crippen molar-refractivity contribution >= 4 is 11.8 Å². The van der Waals surface area contributed by atoms with Crippen molar-refractivity contribution in [2.24, 2.45) is 0 Å². The monoisotopic (exact) mass is 274 g/mol. The summed E-state index contributed by atoms with van der Waals surface area (Å²) in [4.78, 5) is 24.4. The topological polar surface area (TPSA) is 82.3 Å². The zero-order valence-electron chi connectivity index (χ0n) is 10.4. The summed E-state index contributed by atoms with van der Waals surface area (Å²) in [5, 5.41) is 10.6. The van der Waals surface area contributed by atoms with Crippen LogP contribution in [-0.4, -0.2) is 22.5 Å². The summed E-state index contributed by atoms with van der Waals surface area (Å²) >= 11 is 0. The third-order valence-electron chi connectivity index (χ3n) is 2.44. The lowest BCUT2D eigenvalue weighted by Crippen LogP contribution is -2.11. The Labute approximate surface area is 107 Å². The number of aromatic nitrogens is 1. The molecule has 0 aliphatic rings. The number of rotatable bonds is 5. The number of alkyl halides is 2. The third-order valence-corrected chi connectivity index (χ3v) is 2.44. The van der Waals surface area contributed by atoms with Crippen molar-refractivity contribution in [1.29, 1.82) is 0 Å². The Bertz CT molecular complexity index is 506. The Kier molecular flexibility index (Phi) is 4.85. The zero-order valence-corrected chi connectivity index (χ0v) is 10.4. The van der Waals surface area contributed by atoms with Gasteiger partial charge in [0.25, 0.3) is 0 Å². The second kappa shape index (κ2) is 6.17. The van der Waals surface area contributed by atoms with E-state index in [0.717, 1.165) is 6.07 Å². The van der Waals surface area contributed by atoms with Crippen molar-refractivity contribution in [3.05, 3.63) is 33.0 Å². The van der Waals surface area contributed by atoms with Gasteiger partial charge < -0.3 is 14.9 Å². The molecule has 0 unspecified atom stereocenters. The lowest BCUT2D eigenvalue weighted by molar-refractivity contribution is -0.389. The van der Waals surface area contributed by atoms with Gasteiger partial charge in [0.2, 0.25) is 5.69 Å². The Hall–Kier alpha value is -2.12. The summed E-state index contributed by atoms with van der Waals surface area (Å²) < 4.78 is 30.2. The lowest BCUT2D eigenvalue weighted by atomic mass is 10.0. The number of halogens is 2. The standard InChI is InChI=1S/C11H12F2N2O4/c1-3-19-9(16)5-7-4-8(15(17)18)14-10(6(7)2)11(12)13/h4,11H,3,5H2,1-2H3. The van der Waals surface area contributed by atoms with Gasteiger partial charge in [0.1, 0.15) is 0 Å². The maximum Gasteiger partial charge on any atom is 0.364 e. The number of esters is 1. The van der Waals surface area contributed by atoms with Gasteiger partial charge >= 0.3 is 18.2 Å². The molecule has 0 aliphatic heterocycles. The second-order valence-electron chi connectivity index (χ2n) is 3.69. The number of pyridine rings is 1.